The highest BCUT2D eigenvalue weighted by atomic mass is 16.5. The number of hydrogen-bond donors (Lipinski definition) is 2. The van der Waals surface area contributed by atoms with E-state index >= 15 is 0 Å². The number of likely N-dealkylation sites (N-methyl/N-ethyl adjacent to an activating group) is 2. The quantitative estimate of drug-likeness (QED) is 0.746. The summed E-state index contributed by atoms with van der Waals surface area (Å²) in [5, 5.41) is 6.13. The van der Waals surface area contributed by atoms with Crippen molar-refractivity contribution >= 4 is 17.3 Å². The van der Waals surface area contributed by atoms with Crippen LogP contribution in [0, 0.1) is 0 Å². The fraction of sp³-hybridized carbons (Fsp3) is 0.533. The molecule has 1 aliphatic rings. The van der Waals surface area contributed by atoms with Crippen LogP contribution in [0.4, 0.5) is 11.4 Å². The van der Waals surface area contributed by atoms with E-state index in [1.165, 1.54) is 0 Å². The average molecular weight is 277 g/mol. The van der Waals surface area contributed by atoms with E-state index in [1.54, 1.807) is 0 Å². The number of hydrogen-bond acceptors (Lipinski definition) is 4. The average Bonchev–Trinajstić information content (AvgIpc) is 2.75. The molecule has 1 heterocycles. The zero-order valence-electron chi connectivity index (χ0n) is 12.4. The molecule has 110 valence electrons. The molecule has 2 N–H and O–H groups in total. The highest BCUT2D eigenvalue weighted by Crippen LogP contribution is 2.33. The maximum absolute atomic E-state index is 11.9. The van der Waals surface area contributed by atoms with E-state index in [9.17, 15) is 4.79 Å². The van der Waals surface area contributed by atoms with Crippen molar-refractivity contribution in [3.05, 3.63) is 23.8 Å². The van der Waals surface area contributed by atoms with Crippen LogP contribution in [0.15, 0.2) is 18.2 Å². The van der Waals surface area contributed by atoms with Crippen LogP contribution in [-0.2, 0) is 9.53 Å². The van der Waals surface area contributed by atoms with E-state index in [0.29, 0.717) is 6.61 Å². The summed E-state index contributed by atoms with van der Waals surface area (Å²) in [6.45, 7) is 7.03. The molecule has 0 aromatic heterocycles. The van der Waals surface area contributed by atoms with Gasteiger partial charge in [0.2, 0.25) is 5.91 Å². The summed E-state index contributed by atoms with van der Waals surface area (Å²) in [6.07, 6.45) is 0. The van der Waals surface area contributed by atoms with E-state index in [-0.39, 0.29) is 11.9 Å². The molecule has 0 fully saturated rings. The summed E-state index contributed by atoms with van der Waals surface area (Å²) in [7, 11) is 2.03. The number of carbonyl (C=O) groups is 1. The van der Waals surface area contributed by atoms with Gasteiger partial charge in [-0.3, -0.25) is 4.79 Å². The van der Waals surface area contributed by atoms with Crippen molar-refractivity contribution in [2.75, 3.05) is 43.6 Å². The maximum Gasteiger partial charge on any atom is 0.246 e. The predicted molar refractivity (Wildman–Crippen MR) is 81.3 cm³/mol. The lowest BCUT2D eigenvalue weighted by Gasteiger charge is -2.20. The van der Waals surface area contributed by atoms with E-state index in [0.717, 1.165) is 36.6 Å². The highest BCUT2D eigenvalue weighted by molar-refractivity contribution is 6.03. The monoisotopic (exact) mass is 277 g/mol. The van der Waals surface area contributed by atoms with Gasteiger partial charge < -0.3 is 20.3 Å². The van der Waals surface area contributed by atoms with Crippen molar-refractivity contribution < 1.29 is 9.53 Å². The van der Waals surface area contributed by atoms with Gasteiger partial charge in [0.15, 0.2) is 0 Å². The number of anilines is 2. The molecule has 1 aromatic rings. The summed E-state index contributed by atoms with van der Waals surface area (Å²) >= 11 is 0. The zero-order valence-corrected chi connectivity index (χ0v) is 12.4. The van der Waals surface area contributed by atoms with Crippen LogP contribution >= 0.6 is 0 Å². The Balaban J connectivity index is 2.09. The lowest BCUT2D eigenvalue weighted by Crippen LogP contribution is -2.27. The van der Waals surface area contributed by atoms with Gasteiger partial charge in [0.1, 0.15) is 6.04 Å². The van der Waals surface area contributed by atoms with Gasteiger partial charge in [-0.25, -0.2) is 0 Å². The molecule has 0 aliphatic carbocycles. The molecule has 1 unspecified atom stereocenters. The van der Waals surface area contributed by atoms with Gasteiger partial charge in [-0.2, -0.15) is 0 Å². The Morgan fingerprint density at radius 2 is 2.20 bits per heavy atom. The van der Waals surface area contributed by atoms with Crippen molar-refractivity contribution in [2.45, 2.75) is 19.9 Å². The first-order valence-electron chi connectivity index (χ1n) is 7.14. The molecule has 0 bridgehead atoms. The largest absolute Gasteiger partial charge is 0.380 e. The SMILES string of the molecule is CCNC1C(=O)Nc2cc(N(C)CCOCC)ccc21. The molecule has 5 nitrogen and oxygen atoms in total. The Morgan fingerprint density at radius 3 is 2.90 bits per heavy atom. The van der Waals surface area contributed by atoms with Crippen LogP contribution in [0.2, 0.25) is 0 Å². The first-order valence-corrected chi connectivity index (χ1v) is 7.14. The van der Waals surface area contributed by atoms with E-state index in [1.807, 2.05) is 33.0 Å². The van der Waals surface area contributed by atoms with Gasteiger partial charge >= 0.3 is 0 Å². The fourth-order valence-electron chi connectivity index (χ4n) is 2.37. The zero-order chi connectivity index (χ0) is 14.5. The molecule has 1 aliphatic heterocycles. The molecule has 0 radical (unpaired) electrons. The molecular weight excluding hydrogens is 254 g/mol. The summed E-state index contributed by atoms with van der Waals surface area (Å²) in [5.41, 5.74) is 3.02. The molecule has 2 rings (SSSR count). The molecule has 0 saturated carbocycles. The third-order valence-corrected chi connectivity index (χ3v) is 3.49. The second-order valence-electron chi connectivity index (χ2n) is 4.87. The topological polar surface area (TPSA) is 53.6 Å². The fourth-order valence-corrected chi connectivity index (χ4v) is 2.37. The number of nitrogens with one attached hydrogen (secondary N) is 2. The molecule has 5 heteroatoms. The van der Waals surface area contributed by atoms with Crippen molar-refractivity contribution in [1.29, 1.82) is 0 Å². The minimum atomic E-state index is -0.224. The Labute approximate surface area is 120 Å². The summed E-state index contributed by atoms with van der Waals surface area (Å²) in [4.78, 5) is 14.0. The van der Waals surface area contributed by atoms with Crippen LogP contribution in [-0.4, -0.2) is 39.3 Å². The first kappa shape index (κ1) is 14.8. The predicted octanol–water partition coefficient (Wildman–Crippen LogP) is 1.76. The minimum Gasteiger partial charge on any atom is -0.380 e. The van der Waals surface area contributed by atoms with Crippen molar-refractivity contribution in [2.24, 2.45) is 0 Å². The number of rotatable bonds is 7. The van der Waals surface area contributed by atoms with Crippen LogP contribution in [0.1, 0.15) is 25.5 Å². The summed E-state index contributed by atoms with van der Waals surface area (Å²) in [5.74, 6) is 0.0240. The Hall–Kier alpha value is -1.59. The Bertz CT molecular complexity index is 476. The van der Waals surface area contributed by atoms with Gasteiger partial charge in [0.05, 0.1) is 6.61 Å². The standard InChI is InChI=1S/C15H23N3O2/c1-4-16-14-12-7-6-11(10-13(12)17-15(14)19)18(3)8-9-20-5-2/h6-7,10,14,16H,4-5,8-9H2,1-3H3,(H,17,19). The second kappa shape index (κ2) is 6.72. The molecule has 0 saturated heterocycles. The molecule has 20 heavy (non-hydrogen) atoms. The Kier molecular flexibility index (Phi) is 4.98. The normalized spacial score (nSPS) is 16.9. The first-order chi connectivity index (χ1) is 9.67. The number of fused-ring (bicyclic) bond motifs is 1. The molecule has 1 amide bonds. The van der Waals surface area contributed by atoms with Crippen molar-refractivity contribution in [3.63, 3.8) is 0 Å². The lowest BCUT2D eigenvalue weighted by atomic mass is 10.1. The molecule has 0 spiro atoms. The summed E-state index contributed by atoms with van der Waals surface area (Å²) in [6, 6.07) is 5.87. The van der Waals surface area contributed by atoms with Gasteiger partial charge in [0, 0.05) is 37.1 Å². The van der Waals surface area contributed by atoms with Gasteiger partial charge in [-0.05, 0) is 25.6 Å². The van der Waals surface area contributed by atoms with Crippen LogP contribution in [0.3, 0.4) is 0 Å². The molecular formula is C15H23N3O2. The lowest BCUT2D eigenvalue weighted by molar-refractivity contribution is -0.117. The highest BCUT2D eigenvalue weighted by Gasteiger charge is 2.29. The second-order valence-corrected chi connectivity index (χ2v) is 4.87. The number of ether oxygens (including phenoxy) is 1. The maximum atomic E-state index is 11.9. The van der Waals surface area contributed by atoms with Crippen LogP contribution in [0.5, 0.6) is 0 Å². The van der Waals surface area contributed by atoms with Crippen LogP contribution in [0.25, 0.3) is 0 Å². The van der Waals surface area contributed by atoms with Gasteiger partial charge in [0.25, 0.3) is 0 Å². The Morgan fingerprint density at radius 1 is 1.40 bits per heavy atom. The van der Waals surface area contributed by atoms with Gasteiger partial charge in [-0.15, -0.1) is 0 Å². The van der Waals surface area contributed by atoms with E-state index in [4.69, 9.17) is 4.74 Å². The third-order valence-electron chi connectivity index (χ3n) is 3.49. The third kappa shape index (κ3) is 3.11. The van der Waals surface area contributed by atoms with Crippen molar-refractivity contribution in [3.8, 4) is 0 Å². The summed E-state index contributed by atoms with van der Waals surface area (Å²) < 4.78 is 5.36. The van der Waals surface area contributed by atoms with E-state index < -0.39 is 0 Å². The van der Waals surface area contributed by atoms with E-state index in [2.05, 4.69) is 21.6 Å². The number of carbonyl (C=O) groups excluding carboxylic acids is 1. The number of nitrogens with zero attached hydrogens (tertiary/aromatic N) is 1. The van der Waals surface area contributed by atoms with Crippen LogP contribution < -0.4 is 15.5 Å². The molecule has 1 aromatic carbocycles. The number of amides is 1. The minimum absolute atomic E-state index is 0.0240. The smallest absolute Gasteiger partial charge is 0.246 e. The van der Waals surface area contributed by atoms with Crippen molar-refractivity contribution in [1.82, 2.24) is 5.32 Å². The van der Waals surface area contributed by atoms with Gasteiger partial charge in [-0.1, -0.05) is 13.0 Å². The molecule has 1 atom stereocenters. The number of benzene rings is 1.